The molecule has 10 rings (SSSR count). The van der Waals surface area contributed by atoms with Gasteiger partial charge in [-0.1, -0.05) is 58.7 Å². The summed E-state index contributed by atoms with van der Waals surface area (Å²) in [5, 5.41) is 9.69. The molecule has 49 heavy (non-hydrogen) atoms. The first-order valence-electron chi connectivity index (χ1n) is 17.0. The highest BCUT2D eigenvalue weighted by molar-refractivity contribution is 6.24. The Balaban J connectivity index is 1.27. The third-order valence-electron chi connectivity index (χ3n) is 10.4. The molecule has 0 aliphatic carbocycles. The third-order valence-corrected chi connectivity index (χ3v) is 10.4. The van der Waals surface area contributed by atoms with Crippen molar-refractivity contribution in [3.8, 4) is 11.4 Å². The van der Waals surface area contributed by atoms with Gasteiger partial charge in [0.15, 0.2) is 0 Å². The summed E-state index contributed by atoms with van der Waals surface area (Å²) in [5.74, 6) is 0. The molecule has 10 aromatic rings. The van der Waals surface area contributed by atoms with Crippen molar-refractivity contribution in [1.82, 2.24) is 19.1 Å². The van der Waals surface area contributed by atoms with Crippen LogP contribution in [0.25, 0.3) is 87.6 Å². The van der Waals surface area contributed by atoms with Gasteiger partial charge in [-0.15, -0.1) is 0 Å². The van der Waals surface area contributed by atoms with Crippen LogP contribution in [0.3, 0.4) is 0 Å². The SMILES string of the molecule is Cc1ccc2c(c1)c1cc(C)ccc1n2-c1ccc2c3ccc(-n4c5ccc(C)cc5c5cc(C)ccc54)cc3c3nc(C)cnc3c2c1. The van der Waals surface area contributed by atoms with E-state index in [4.69, 9.17) is 9.97 Å². The molecule has 3 heterocycles. The van der Waals surface area contributed by atoms with E-state index in [-0.39, 0.29) is 0 Å². The fourth-order valence-electron chi connectivity index (χ4n) is 8.12. The molecular formula is C45H34N4. The molecule has 0 bridgehead atoms. The fourth-order valence-corrected chi connectivity index (χ4v) is 8.12. The van der Waals surface area contributed by atoms with Crippen LogP contribution in [-0.2, 0) is 0 Å². The van der Waals surface area contributed by atoms with Crippen LogP contribution in [0.2, 0.25) is 0 Å². The normalized spacial score (nSPS) is 12.2. The van der Waals surface area contributed by atoms with Crippen LogP contribution in [0.1, 0.15) is 27.9 Å². The molecule has 0 fully saturated rings. The van der Waals surface area contributed by atoms with E-state index in [1.165, 1.54) is 76.6 Å². The van der Waals surface area contributed by atoms with Crippen molar-refractivity contribution < 1.29 is 0 Å². The lowest BCUT2D eigenvalue weighted by Gasteiger charge is -2.15. The number of fused-ring (bicyclic) bond motifs is 12. The molecular weight excluding hydrogens is 597 g/mol. The van der Waals surface area contributed by atoms with Gasteiger partial charge in [-0.25, -0.2) is 4.98 Å². The minimum atomic E-state index is 0.908. The Morgan fingerprint density at radius 3 is 1.16 bits per heavy atom. The second kappa shape index (κ2) is 10.0. The van der Waals surface area contributed by atoms with Crippen LogP contribution >= 0.6 is 0 Å². The highest BCUT2D eigenvalue weighted by atomic mass is 15.0. The minimum absolute atomic E-state index is 0.908. The topological polar surface area (TPSA) is 35.6 Å². The predicted octanol–water partition coefficient (Wildman–Crippen LogP) is 11.7. The van der Waals surface area contributed by atoms with E-state index in [0.29, 0.717) is 0 Å². The summed E-state index contributed by atoms with van der Waals surface area (Å²) in [7, 11) is 0. The Morgan fingerprint density at radius 1 is 0.367 bits per heavy atom. The average molecular weight is 631 g/mol. The smallest absolute Gasteiger partial charge is 0.0975 e. The first-order chi connectivity index (χ1) is 23.8. The van der Waals surface area contributed by atoms with E-state index in [9.17, 15) is 0 Å². The van der Waals surface area contributed by atoms with Crippen LogP contribution in [0.15, 0.2) is 115 Å². The molecule has 0 radical (unpaired) electrons. The number of nitrogens with zero attached hydrogens (tertiary/aromatic N) is 4. The maximum Gasteiger partial charge on any atom is 0.0975 e. The summed E-state index contributed by atoms with van der Waals surface area (Å²) >= 11 is 0. The van der Waals surface area contributed by atoms with Gasteiger partial charge < -0.3 is 9.13 Å². The highest BCUT2D eigenvalue weighted by Crippen LogP contribution is 2.40. The molecule has 7 aromatic carbocycles. The van der Waals surface area contributed by atoms with Crippen molar-refractivity contribution in [2.24, 2.45) is 0 Å². The molecule has 0 saturated carbocycles. The van der Waals surface area contributed by atoms with Crippen molar-refractivity contribution in [1.29, 1.82) is 0 Å². The van der Waals surface area contributed by atoms with Gasteiger partial charge in [0.2, 0.25) is 0 Å². The van der Waals surface area contributed by atoms with Crippen molar-refractivity contribution in [2.75, 3.05) is 0 Å². The van der Waals surface area contributed by atoms with Crippen LogP contribution in [0, 0.1) is 34.6 Å². The summed E-state index contributed by atoms with van der Waals surface area (Å²) in [6, 6.07) is 40.8. The number of benzene rings is 7. The lowest BCUT2D eigenvalue weighted by molar-refractivity contribution is 1.18. The molecule has 0 spiro atoms. The first-order valence-corrected chi connectivity index (χ1v) is 17.0. The number of aryl methyl sites for hydroxylation is 5. The fraction of sp³-hybridized carbons (Fsp3) is 0.111. The van der Waals surface area contributed by atoms with Crippen LogP contribution in [0.4, 0.5) is 0 Å². The van der Waals surface area contributed by atoms with Crippen molar-refractivity contribution in [3.05, 3.63) is 143 Å². The molecule has 3 aromatic heterocycles. The molecule has 234 valence electrons. The average Bonchev–Trinajstić information content (AvgIpc) is 3.59. The van der Waals surface area contributed by atoms with Crippen LogP contribution in [-0.4, -0.2) is 19.1 Å². The van der Waals surface area contributed by atoms with Gasteiger partial charge in [0.1, 0.15) is 0 Å². The molecule has 0 unspecified atom stereocenters. The Hall–Kier alpha value is -6.00. The lowest BCUT2D eigenvalue weighted by atomic mass is 9.98. The molecule has 0 atom stereocenters. The summed E-state index contributed by atoms with van der Waals surface area (Å²) in [6.07, 6.45) is 1.90. The van der Waals surface area contributed by atoms with Gasteiger partial charge in [-0.3, -0.25) is 4.98 Å². The standard InChI is InChI=1S/C45H34N4/c1-25-6-14-40-34(18-25)35-19-26(2)7-15-41(35)48(40)30-10-12-32-33-13-11-31(23-39(33)45-44(38(32)22-30)46-24-29(5)47-45)49-42-16-8-27(3)20-36(42)37-21-28(4)9-17-43(37)49/h6-24H,1-5H3. The van der Waals surface area contributed by atoms with Crippen LogP contribution < -0.4 is 0 Å². The molecule has 0 aliphatic rings. The summed E-state index contributed by atoms with van der Waals surface area (Å²) in [4.78, 5) is 10.2. The summed E-state index contributed by atoms with van der Waals surface area (Å²) in [6.45, 7) is 10.7. The van der Waals surface area contributed by atoms with Crippen LogP contribution in [0.5, 0.6) is 0 Å². The Labute approximate surface area is 283 Å². The zero-order valence-corrected chi connectivity index (χ0v) is 28.3. The number of hydrogen-bond acceptors (Lipinski definition) is 2. The molecule has 0 saturated heterocycles. The van der Waals surface area contributed by atoms with E-state index in [0.717, 1.165) is 38.9 Å². The first kappa shape index (κ1) is 28.1. The van der Waals surface area contributed by atoms with Gasteiger partial charge >= 0.3 is 0 Å². The maximum atomic E-state index is 5.16. The Bertz CT molecular complexity index is 2930. The minimum Gasteiger partial charge on any atom is -0.309 e. The van der Waals surface area contributed by atoms with Crippen molar-refractivity contribution in [2.45, 2.75) is 34.6 Å². The second-order valence-corrected chi connectivity index (χ2v) is 13.9. The monoisotopic (exact) mass is 630 g/mol. The van der Waals surface area contributed by atoms with E-state index in [2.05, 4.69) is 146 Å². The van der Waals surface area contributed by atoms with Gasteiger partial charge in [0.05, 0.1) is 38.8 Å². The molecule has 4 nitrogen and oxygen atoms in total. The van der Waals surface area contributed by atoms with Gasteiger partial charge in [0.25, 0.3) is 0 Å². The number of hydrogen-bond donors (Lipinski definition) is 0. The molecule has 0 amide bonds. The Kier molecular flexibility index (Phi) is 5.73. The maximum absolute atomic E-state index is 5.16. The third kappa shape index (κ3) is 4.04. The van der Waals surface area contributed by atoms with Gasteiger partial charge in [0, 0.05) is 49.9 Å². The van der Waals surface area contributed by atoms with Gasteiger partial charge in [-0.05, 0) is 118 Å². The predicted molar refractivity (Wildman–Crippen MR) is 207 cm³/mol. The molecule has 4 heteroatoms. The lowest BCUT2D eigenvalue weighted by Crippen LogP contribution is -1.98. The van der Waals surface area contributed by atoms with E-state index in [1.807, 2.05) is 13.1 Å². The second-order valence-electron chi connectivity index (χ2n) is 13.9. The molecule has 0 N–H and O–H groups in total. The molecule has 0 aliphatic heterocycles. The summed E-state index contributed by atoms with van der Waals surface area (Å²) < 4.78 is 4.80. The number of rotatable bonds is 2. The van der Waals surface area contributed by atoms with E-state index >= 15 is 0 Å². The summed E-state index contributed by atoms with van der Waals surface area (Å²) in [5.41, 5.74) is 14.9. The van der Waals surface area contributed by atoms with Gasteiger partial charge in [-0.2, -0.15) is 0 Å². The largest absolute Gasteiger partial charge is 0.309 e. The van der Waals surface area contributed by atoms with Crippen molar-refractivity contribution >= 4 is 76.2 Å². The number of aromatic nitrogens is 4. The van der Waals surface area contributed by atoms with E-state index in [1.54, 1.807) is 0 Å². The quantitative estimate of drug-likeness (QED) is 0.178. The Morgan fingerprint density at radius 2 is 0.755 bits per heavy atom. The zero-order chi connectivity index (χ0) is 33.1. The van der Waals surface area contributed by atoms with E-state index < -0.39 is 0 Å². The highest BCUT2D eigenvalue weighted by Gasteiger charge is 2.18. The van der Waals surface area contributed by atoms with Crippen molar-refractivity contribution in [3.63, 3.8) is 0 Å². The zero-order valence-electron chi connectivity index (χ0n) is 28.3.